The summed E-state index contributed by atoms with van der Waals surface area (Å²) in [6, 6.07) is 9.68. The second-order valence-electron chi connectivity index (χ2n) is 7.36. The molecule has 2 aromatic carbocycles. The van der Waals surface area contributed by atoms with Gasteiger partial charge in [0.15, 0.2) is 5.75 Å². The number of amides is 1. The molecule has 3 rings (SSSR count). The minimum absolute atomic E-state index is 0.0772. The molecule has 0 unspecified atom stereocenters. The maximum atomic E-state index is 13.2. The van der Waals surface area contributed by atoms with Crippen molar-refractivity contribution in [1.29, 1.82) is 0 Å². The summed E-state index contributed by atoms with van der Waals surface area (Å²) < 4.78 is 15.7. The molecule has 31 heavy (non-hydrogen) atoms. The number of nitro benzene ring substituents is 1. The van der Waals surface area contributed by atoms with Gasteiger partial charge in [-0.3, -0.25) is 19.8 Å². The molecule has 1 aliphatic rings. The van der Waals surface area contributed by atoms with Gasteiger partial charge in [0.2, 0.25) is 11.5 Å². The van der Waals surface area contributed by atoms with Gasteiger partial charge in [-0.25, -0.2) is 0 Å². The Morgan fingerprint density at radius 1 is 1.03 bits per heavy atom. The van der Waals surface area contributed by atoms with Crippen LogP contribution in [0.3, 0.4) is 0 Å². The quantitative estimate of drug-likeness (QED) is 0.493. The van der Waals surface area contributed by atoms with E-state index in [4.69, 9.17) is 14.2 Å². The highest BCUT2D eigenvalue weighted by Gasteiger charge is 2.35. The maximum absolute atomic E-state index is 13.2. The second-order valence-corrected chi connectivity index (χ2v) is 7.36. The summed E-state index contributed by atoms with van der Waals surface area (Å²) in [5, 5.41) is 11.8. The van der Waals surface area contributed by atoms with E-state index in [1.807, 2.05) is 6.07 Å². The largest absolute Gasteiger partial charge is 0.493 e. The van der Waals surface area contributed by atoms with E-state index in [0.29, 0.717) is 26.2 Å². The molecule has 0 atom stereocenters. The number of carbonyl (C=O) groups excluding carboxylic acids is 1. The van der Waals surface area contributed by atoms with Crippen LogP contribution in [0.5, 0.6) is 17.2 Å². The minimum atomic E-state index is -0.623. The maximum Gasteiger partial charge on any atom is 0.327 e. The third kappa shape index (κ3) is 4.72. The minimum Gasteiger partial charge on any atom is -0.493 e. The molecule has 1 aliphatic heterocycles. The van der Waals surface area contributed by atoms with Crippen LogP contribution in [0.15, 0.2) is 30.3 Å². The van der Waals surface area contributed by atoms with Gasteiger partial charge in [0, 0.05) is 38.8 Å². The Morgan fingerprint density at radius 3 is 2.26 bits per heavy atom. The lowest BCUT2D eigenvalue weighted by Crippen LogP contribution is -2.48. The summed E-state index contributed by atoms with van der Waals surface area (Å²) in [5.74, 6) is -0.281. The zero-order chi connectivity index (χ0) is 22.5. The van der Waals surface area contributed by atoms with Crippen LogP contribution in [-0.4, -0.2) is 68.1 Å². The average molecular weight is 429 g/mol. The first-order chi connectivity index (χ1) is 14.9. The molecule has 0 bridgehead atoms. The highest BCUT2D eigenvalue weighted by molar-refractivity contribution is 6.00. The summed E-state index contributed by atoms with van der Waals surface area (Å²) in [4.78, 5) is 28.3. The Balaban J connectivity index is 1.81. The van der Waals surface area contributed by atoms with Crippen molar-refractivity contribution in [1.82, 2.24) is 9.80 Å². The lowest BCUT2D eigenvalue weighted by atomic mass is 10.1. The van der Waals surface area contributed by atoms with Crippen LogP contribution in [0, 0.1) is 17.0 Å². The summed E-state index contributed by atoms with van der Waals surface area (Å²) in [7, 11) is 4.06. The average Bonchev–Trinajstić information content (AvgIpc) is 2.77. The molecule has 2 aromatic rings. The van der Waals surface area contributed by atoms with Crippen LogP contribution in [0.4, 0.5) is 5.69 Å². The summed E-state index contributed by atoms with van der Waals surface area (Å²) in [6.45, 7) is 5.16. The predicted octanol–water partition coefficient (Wildman–Crippen LogP) is 2.89. The monoisotopic (exact) mass is 429 g/mol. The molecule has 0 N–H and O–H groups in total. The van der Waals surface area contributed by atoms with Crippen molar-refractivity contribution >= 4 is 11.6 Å². The van der Waals surface area contributed by atoms with E-state index < -0.39 is 16.5 Å². The van der Waals surface area contributed by atoms with Crippen LogP contribution in [-0.2, 0) is 6.54 Å². The van der Waals surface area contributed by atoms with Gasteiger partial charge >= 0.3 is 5.69 Å². The Bertz CT molecular complexity index is 970. The van der Waals surface area contributed by atoms with E-state index in [0.717, 1.165) is 6.54 Å². The molecular formula is C22H27N3O6. The molecule has 0 aliphatic carbocycles. The lowest BCUT2D eigenvalue weighted by Gasteiger charge is -2.34. The van der Waals surface area contributed by atoms with Crippen LogP contribution in [0.2, 0.25) is 0 Å². The van der Waals surface area contributed by atoms with E-state index in [2.05, 4.69) is 30.0 Å². The third-order valence-electron chi connectivity index (χ3n) is 5.36. The first-order valence-electron chi connectivity index (χ1n) is 9.94. The SMILES string of the molecule is COc1cc(C(=O)N2CCN(Cc3cccc(C)c3)CC2)c([N+](=O)[O-])c(OC)c1OC. The Labute approximate surface area is 181 Å². The molecule has 9 nitrogen and oxygen atoms in total. The standard InChI is InChI=1S/C22H27N3O6/c1-15-6-5-7-16(12-15)14-23-8-10-24(11-9-23)22(26)17-13-18(29-2)20(30-3)21(31-4)19(17)25(27)28/h5-7,12-13H,8-11,14H2,1-4H3. The van der Waals surface area contributed by atoms with Gasteiger partial charge in [-0.2, -0.15) is 0 Å². The number of hydrogen-bond acceptors (Lipinski definition) is 7. The predicted molar refractivity (Wildman–Crippen MR) is 115 cm³/mol. The molecule has 1 saturated heterocycles. The number of methoxy groups -OCH3 is 3. The van der Waals surface area contributed by atoms with Crippen molar-refractivity contribution in [3.8, 4) is 17.2 Å². The summed E-state index contributed by atoms with van der Waals surface area (Å²) in [5.41, 5.74) is 1.93. The number of carbonyl (C=O) groups is 1. The van der Waals surface area contributed by atoms with Crippen molar-refractivity contribution in [3.63, 3.8) is 0 Å². The van der Waals surface area contributed by atoms with Crippen molar-refractivity contribution in [2.24, 2.45) is 0 Å². The topological polar surface area (TPSA) is 94.4 Å². The van der Waals surface area contributed by atoms with Crippen molar-refractivity contribution in [2.45, 2.75) is 13.5 Å². The number of nitrogens with zero attached hydrogens (tertiary/aromatic N) is 3. The van der Waals surface area contributed by atoms with Crippen LogP contribution >= 0.6 is 0 Å². The first kappa shape index (κ1) is 22.4. The molecule has 0 aromatic heterocycles. The van der Waals surface area contributed by atoms with Crippen LogP contribution in [0.1, 0.15) is 21.5 Å². The fourth-order valence-electron chi connectivity index (χ4n) is 3.83. The fourth-order valence-corrected chi connectivity index (χ4v) is 3.83. The summed E-state index contributed by atoms with van der Waals surface area (Å²) in [6.07, 6.45) is 0. The molecule has 9 heteroatoms. The van der Waals surface area contributed by atoms with E-state index in [1.165, 1.54) is 38.5 Å². The highest BCUT2D eigenvalue weighted by Crippen LogP contribution is 2.46. The van der Waals surface area contributed by atoms with Crippen molar-refractivity contribution in [3.05, 3.63) is 57.1 Å². The number of ether oxygens (including phenoxy) is 3. The van der Waals surface area contributed by atoms with E-state index in [1.54, 1.807) is 4.90 Å². The van der Waals surface area contributed by atoms with E-state index in [9.17, 15) is 14.9 Å². The summed E-state index contributed by atoms with van der Waals surface area (Å²) >= 11 is 0. The molecule has 1 heterocycles. The zero-order valence-corrected chi connectivity index (χ0v) is 18.2. The van der Waals surface area contributed by atoms with Crippen LogP contribution in [0.25, 0.3) is 0 Å². The molecule has 0 radical (unpaired) electrons. The second kappa shape index (κ2) is 9.65. The Kier molecular flexibility index (Phi) is 6.96. The van der Waals surface area contributed by atoms with Crippen molar-refractivity contribution < 1.29 is 23.9 Å². The normalized spacial score (nSPS) is 14.3. The van der Waals surface area contributed by atoms with Gasteiger partial charge in [0.25, 0.3) is 5.91 Å². The van der Waals surface area contributed by atoms with Gasteiger partial charge in [-0.1, -0.05) is 29.8 Å². The highest BCUT2D eigenvalue weighted by atomic mass is 16.6. The van der Waals surface area contributed by atoms with Crippen molar-refractivity contribution in [2.75, 3.05) is 47.5 Å². The Hall–Kier alpha value is -3.33. The number of benzene rings is 2. The van der Waals surface area contributed by atoms with Crippen LogP contribution < -0.4 is 14.2 Å². The third-order valence-corrected chi connectivity index (χ3v) is 5.36. The number of rotatable bonds is 7. The zero-order valence-electron chi connectivity index (χ0n) is 18.2. The number of nitro groups is 1. The Morgan fingerprint density at radius 2 is 1.71 bits per heavy atom. The van der Waals surface area contributed by atoms with Gasteiger partial charge in [0.05, 0.1) is 26.3 Å². The smallest absolute Gasteiger partial charge is 0.327 e. The number of aryl methyl sites for hydroxylation is 1. The number of piperazine rings is 1. The first-order valence-corrected chi connectivity index (χ1v) is 9.94. The van der Waals surface area contributed by atoms with Gasteiger partial charge in [-0.15, -0.1) is 0 Å². The van der Waals surface area contributed by atoms with Gasteiger partial charge in [0.1, 0.15) is 5.56 Å². The molecule has 166 valence electrons. The fraction of sp³-hybridized carbons (Fsp3) is 0.409. The number of hydrogen-bond donors (Lipinski definition) is 0. The van der Waals surface area contributed by atoms with E-state index in [-0.39, 0.29) is 22.8 Å². The van der Waals surface area contributed by atoms with Gasteiger partial charge in [-0.05, 0) is 12.5 Å². The lowest BCUT2D eigenvalue weighted by molar-refractivity contribution is -0.386. The molecule has 1 amide bonds. The van der Waals surface area contributed by atoms with Gasteiger partial charge < -0.3 is 19.1 Å². The molecule has 0 saturated carbocycles. The molecule has 0 spiro atoms. The van der Waals surface area contributed by atoms with E-state index >= 15 is 0 Å². The molecular weight excluding hydrogens is 402 g/mol. The molecule has 1 fully saturated rings.